The maximum absolute atomic E-state index is 12.9. The molecule has 1 saturated heterocycles. The number of benzene rings is 2. The first-order chi connectivity index (χ1) is 12.7. The molecule has 0 radical (unpaired) electrons. The fraction of sp³-hybridized carbons (Fsp3) is 0.238. The third-order valence-electron chi connectivity index (χ3n) is 4.70. The van der Waals surface area contributed by atoms with E-state index in [1.807, 2.05) is 59.5 Å². The Hall–Kier alpha value is -2.40. The molecule has 3 aromatic rings. The average molecular weight is 410 g/mol. The molecule has 26 heavy (non-hydrogen) atoms. The summed E-state index contributed by atoms with van der Waals surface area (Å²) in [4.78, 5) is 19.5. The quantitative estimate of drug-likeness (QED) is 0.632. The smallest absolute Gasteiger partial charge is 0.272 e. The van der Waals surface area contributed by atoms with Crippen LogP contribution in [0.15, 0.2) is 59.1 Å². The monoisotopic (exact) mass is 409 g/mol. The molecule has 0 aliphatic carbocycles. The van der Waals surface area contributed by atoms with Crippen LogP contribution in [0.4, 0.5) is 11.4 Å². The summed E-state index contributed by atoms with van der Waals surface area (Å²) >= 11 is 3.46. The van der Waals surface area contributed by atoms with Crippen LogP contribution in [0.2, 0.25) is 0 Å². The largest absolute Gasteiger partial charge is 0.355 e. The van der Waals surface area contributed by atoms with Crippen molar-refractivity contribution in [2.45, 2.75) is 19.3 Å². The third-order valence-corrected chi connectivity index (χ3v) is 5.23. The van der Waals surface area contributed by atoms with Crippen molar-refractivity contribution in [3.63, 3.8) is 0 Å². The molecular formula is C21H20BrN3O. The first-order valence-electron chi connectivity index (χ1n) is 8.92. The molecule has 4 rings (SSSR count). The van der Waals surface area contributed by atoms with E-state index in [9.17, 15) is 4.79 Å². The van der Waals surface area contributed by atoms with Gasteiger partial charge >= 0.3 is 0 Å². The van der Waals surface area contributed by atoms with E-state index in [1.54, 1.807) is 0 Å². The maximum Gasteiger partial charge on any atom is 0.272 e. The van der Waals surface area contributed by atoms with Gasteiger partial charge in [0.05, 0.1) is 11.2 Å². The minimum Gasteiger partial charge on any atom is -0.355 e. The van der Waals surface area contributed by atoms with Gasteiger partial charge in [-0.2, -0.15) is 0 Å². The average Bonchev–Trinajstić information content (AvgIpc) is 2.69. The Bertz CT molecular complexity index is 934. The highest BCUT2D eigenvalue weighted by Crippen LogP contribution is 2.28. The van der Waals surface area contributed by atoms with Gasteiger partial charge in [0.2, 0.25) is 0 Å². The zero-order valence-electron chi connectivity index (χ0n) is 14.4. The summed E-state index contributed by atoms with van der Waals surface area (Å²) in [5, 5.41) is 4.45. The number of hydrogen-bond acceptors (Lipinski definition) is 3. The van der Waals surface area contributed by atoms with Crippen LogP contribution in [0, 0.1) is 0 Å². The SMILES string of the molecule is O=C(c1cc(Nc2ccc(Br)cc2)c2ccccc2n1)N1CCCCC1. The number of amides is 1. The molecule has 0 saturated carbocycles. The van der Waals surface area contributed by atoms with E-state index in [4.69, 9.17) is 0 Å². The highest BCUT2D eigenvalue weighted by molar-refractivity contribution is 9.10. The maximum atomic E-state index is 12.9. The lowest BCUT2D eigenvalue weighted by Gasteiger charge is -2.26. The number of nitrogens with one attached hydrogen (secondary N) is 1. The third kappa shape index (κ3) is 3.58. The van der Waals surface area contributed by atoms with Crippen molar-refractivity contribution in [1.82, 2.24) is 9.88 Å². The molecule has 132 valence electrons. The minimum atomic E-state index is 0.0225. The first-order valence-corrected chi connectivity index (χ1v) is 9.72. The summed E-state index contributed by atoms with van der Waals surface area (Å²) in [6, 6.07) is 17.8. The molecule has 2 heterocycles. The lowest BCUT2D eigenvalue weighted by Crippen LogP contribution is -2.36. The molecule has 4 nitrogen and oxygen atoms in total. The fourth-order valence-electron chi connectivity index (χ4n) is 3.34. The number of para-hydroxylation sites is 1. The molecule has 1 N–H and O–H groups in total. The van der Waals surface area contributed by atoms with Crippen molar-refractivity contribution in [3.8, 4) is 0 Å². The zero-order valence-corrected chi connectivity index (χ0v) is 16.0. The summed E-state index contributed by atoms with van der Waals surface area (Å²) in [5.41, 5.74) is 3.21. The Morgan fingerprint density at radius 1 is 1.00 bits per heavy atom. The number of anilines is 2. The molecule has 0 spiro atoms. The molecule has 1 amide bonds. The summed E-state index contributed by atoms with van der Waals surface area (Å²) in [7, 11) is 0. The van der Waals surface area contributed by atoms with Crippen molar-refractivity contribution in [2.75, 3.05) is 18.4 Å². The Balaban J connectivity index is 1.73. The van der Waals surface area contributed by atoms with Crippen LogP contribution in [0.1, 0.15) is 29.8 Å². The molecule has 1 aliphatic rings. The van der Waals surface area contributed by atoms with E-state index in [2.05, 4.69) is 26.2 Å². The minimum absolute atomic E-state index is 0.0225. The van der Waals surface area contributed by atoms with Crippen LogP contribution in [-0.4, -0.2) is 28.9 Å². The predicted molar refractivity (Wildman–Crippen MR) is 109 cm³/mol. The Kier molecular flexibility index (Phi) is 4.89. The number of likely N-dealkylation sites (tertiary alicyclic amines) is 1. The van der Waals surface area contributed by atoms with E-state index in [-0.39, 0.29) is 5.91 Å². The number of hydrogen-bond donors (Lipinski definition) is 1. The molecule has 2 aromatic carbocycles. The number of halogens is 1. The van der Waals surface area contributed by atoms with Gasteiger partial charge in [-0.3, -0.25) is 4.79 Å². The lowest BCUT2D eigenvalue weighted by atomic mass is 10.1. The summed E-state index contributed by atoms with van der Waals surface area (Å²) in [5.74, 6) is 0.0225. The zero-order chi connectivity index (χ0) is 17.9. The van der Waals surface area contributed by atoms with Crippen LogP contribution >= 0.6 is 15.9 Å². The molecule has 0 atom stereocenters. The number of piperidine rings is 1. The molecule has 1 fully saturated rings. The normalized spacial score (nSPS) is 14.4. The van der Waals surface area contributed by atoms with Crippen LogP contribution in [0.25, 0.3) is 10.9 Å². The van der Waals surface area contributed by atoms with Crippen LogP contribution < -0.4 is 5.32 Å². The summed E-state index contributed by atoms with van der Waals surface area (Å²) in [6.45, 7) is 1.64. The standard InChI is InChI=1S/C21H20BrN3O/c22-15-8-10-16(11-9-15)23-19-14-20(21(26)25-12-4-1-5-13-25)24-18-7-3-2-6-17(18)19/h2-3,6-11,14H,1,4-5,12-13H2,(H,23,24). The van der Waals surface area contributed by atoms with Crippen LogP contribution in [-0.2, 0) is 0 Å². The lowest BCUT2D eigenvalue weighted by molar-refractivity contribution is 0.0719. The number of fused-ring (bicyclic) bond motifs is 1. The van der Waals surface area contributed by atoms with Crippen molar-refractivity contribution < 1.29 is 4.79 Å². The highest BCUT2D eigenvalue weighted by Gasteiger charge is 2.20. The van der Waals surface area contributed by atoms with Crippen LogP contribution in [0.3, 0.4) is 0 Å². The summed E-state index contributed by atoms with van der Waals surface area (Å²) in [6.07, 6.45) is 3.35. The topological polar surface area (TPSA) is 45.2 Å². The number of carbonyl (C=O) groups excluding carboxylic acids is 1. The highest BCUT2D eigenvalue weighted by atomic mass is 79.9. The van der Waals surface area contributed by atoms with Gasteiger partial charge < -0.3 is 10.2 Å². The van der Waals surface area contributed by atoms with Crippen molar-refractivity contribution in [2.24, 2.45) is 0 Å². The van der Waals surface area contributed by atoms with Crippen LogP contribution in [0.5, 0.6) is 0 Å². The van der Waals surface area contributed by atoms with Crippen molar-refractivity contribution in [3.05, 3.63) is 64.8 Å². The predicted octanol–water partition coefficient (Wildman–Crippen LogP) is 5.37. The molecule has 1 aromatic heterocycles. The van der Waals surface area contributed by atoms with Gasteiger partial charge in [0.25, 0.3) is 5.91 Å². The Morgan fingerprint density at radius 3 is 2.50 bits per heavy atom. The van der Waals surface area contributed by atoms with E-state index < -0.39 is 0 Å². The molecule has 0 unspecified atom stereocenters. The Labute approximate surface area is 161 Å². The second-order valence-electron chi connectivity index (χ2n) is 6.56. The van der Waals surface area contributed by atoms with Gasteiger partial charge in [-0.25, -0.2) is 4.98 Å². The Morgan fingerprint density at radius 2 is 1.73 bits per heavy atom. The second-order valence-corrected chi connectivity index (χ2v) is 7.47. The molecule has 5 heteroatoms. The second kappa shape index (κ2) is 7.46. The van der Waals surface area contributed by atoms with E-state index in [0.717, 1.165) is 52.7 Å². The van der Waals surface area contributed by atoms with Gasteiger partial charge in [0.15, 0.2) is 0 Å². The number of pyridine rings is 1. The number of rotatable bonds is 3. The number of aromatic nitrogens is 1. The first kappa shape index (κ1) is 17.0. The van der Waals surface area contributed by atoms with E-state index in [1.165, 1.54) is 6.42 Å². The molecular weight excluding hydrogens is 390 g/mol. The van der Waals surface area contributed by atoms with Gasteiger partial charge in [-0.15, -0.1) is 0 Å². The van der Waals surface area contributed by atoms with Crippen molar-refractivity contribution in [1.29, 1.82) is 0 Å². The number of nitrogens with zero attached hydrogens (tertiary/aromatic N) is 2. The fourth-order valence-corrected chi connectivity index (χ4v) is 3.60. The molecule has 1 aliphatic heterocycles. The van der Waals surface area contributed by atoms with E-state index >= 15 is 0 Å². The van der Waals surface area contributed by atoms with Gasteiger partial charge in [-0.05, 0) is 55.7 Å². The number of carbonyl (C=O) groups is 1. The van der Waals surface area contributed by atoms with E-state index in [0.29, 0.717) is 5.69 Å². The van der Waals surface area contributed by atoms with Gasteiger partial charge in [-0.1, -0.05) is 34.1 Å². The van der Waals surface area contributed by atoms with Crippen molar-refractivity contribution >= 4 is 44.1 Å². The molecule has 0 bridgehead atoms. The summed E-state index contributed by atoms with van der Waals surface area (Å²) < 4.78 is 1.03. The van der Waals surface area contributed by atoms with Gasteiger partial charge in [0, 0.05) is 28.6 Å². The van der Waals surface area contributed by atoms with Gasteiger partial charge in [0.1, 0.15) is 5.69 Å².